The molecule has 0 aliphatic carbocycles. The largest absolute Gasteiger partial charge is 0.493 e. The van der Waals surface area contributed by atoms with Gasteiger partial charge in [0.1, 0.15) is 0 Å². The van der Waals surface area contributed by atoms with Gasteiger partial charge in [-0.1, -0.05) is 0 Å². The van der Waals surface area contributed by atoms with E-state index < -0.39 is 10.0 Å². The first kappa shape index (κ1) is 18.0. The number of piperazine rings is 1. The van der Waals surface area contributed by atoms with Crippen LogP contribution in [-0.2, 0) is 10.0 Å². The van der Waals surface area contributed by atoms with E-state index in [0.717, 1.165) is 39.1 Å². The number of hydrogen-bond donors (Lipinski definition) is 2. The molecule has 0 aromatic heterocycles. The van der Waals surface area contributed by atoms with Gasteiger partial charge in [-0.25, -0.2) is 13.1 Å². The summed E-state index contributed by atoms with van der Waals surface area (Å²) in [5.74, 6) is 0.904. The van der Waals surface area contributed by atoms with Crippen LogP contribution in [0, 0.1) is 0 Å². The van der Waals surface area contributed by atoms with Crippen LogP contribution in [0.25, 0.3) is 0 Å². The molecule has 1 saturated heterocycles. The molecule has 0 bridgehead atoms. The fourth-order valence-corrected chi connectivity index (χ4v) is 3.60. The topological polar surface area (TPSA) is 79.9 Å². The summed E-state index contributed by atoms with van der Waals surface area (Å²) in [5, 5.41) is 3.30. The van der Waals surface area contributed by atoms with Crippen LogP contribution in [0.5, 0.6) is 11.5 Å². The summed E-state index contributed by atoms with van der Waals surface area (Å²) in [6, 6.07) is 4.57. The third-order valence-corrected chi connectivity index (χ3v) is 5.28. The van der Waals surface area contributed by atoms with E-state index in [4.69, 9.17) is 9.47 Å². The maximum absolute atomic E-state index is 12.3. The number of hydrogen-bond acceptors (Lipinski definition) is 6. The van der Waals surface area contributed by atoms with Gasteiger partial charge in [-0.05, 0) is 25.1 Å². The molecule has 1 heterocycles. The van der Waals surface area contributed by atoms with Gasteiger partial charge in [0.2, 0.25) is 10.0 Å². The van der Waals surface area contributed by atoms with Gasteiger partial charge < -0.3 is 19.7 Å². The fourth-order valence-electron chi connectivity index (χ4n) is 2.51. The molecule has 7 nitrogen and oxygen atoms in total. The average molecular weight is 343 g/mol. The Morgan fingerprint density at radius 2 is 1.87 bits per heavy atom. The molecule has 2 N–H and O–H groups in total. The molecular formula is C15H25N3O4S. The van der Waals surface area contributed by atoms with Crippen molar-refractivity contribution in [1.82, 2.24) is 14.9 Å². The minimum atomic E-state index is -3.54. The molecule has 0 amide bonds. The fraction of sp³-hybridized carbons (Fsp3) is 0.600. The third kappa shape index (κ3) is 5.07. The molecule has 0 saturated carbocycles. The monoisotopic (exact) mass is 343 g/mol. The molecule has 0 atom stereocenters. The molecule has 0 radical (unpaired) electrons. The molecule has 1 fully saturated rings. The minimum absolute atomic E-state index is 0.178. The van der Waals surface area contributed by atoms with Crippen molar-refractivity contribution in [2.24, 2.45) is 0 Å². The SMILES string of the molecule is COc1ccc(S(=O)(=O)NCCCN2CCNCC2)cc1OC. The van der Waals surface area contributed by atoms with E-state index in [1.807, 2.05) is 0 Å². The van der Waals surface area contributed by atoms with E-state index in [0.29, 0.717) is 18.0 Å². The molecule has 130 valence electrons. The molecule has 1 aromatic carbocycles. The van der Waals surface area contributed by atoms with Crippen molar-refractivity contribution in [3.63, 3.8) is 0 Å². The summed E-state index contributed by atoms with van der Waals surface area (Å²) in [4.78, 5) is 2.51. The van der Waals surface area contributed by atoms with E-state index in [1.54, 1.807) is 6.07 Å². The Hall–Kier alpha value is -1.35. The highest BCUT2D eigenvalue weighted by molar-refractivity contribution is 7.89. The molecule has 2 rings (SSSR count). The Labute approximate surface area is 138 Å². The van der Waals surface area contributed by atoms with Crippen LogP contribution in [0.3, 0.4) is 0 Å². The lowest BCUT2D eigenvalue weighted by molar-refractivity contribution is 0.239. The van der Waals surface area contributed by atoms with Crippen molar-refractivity contribution >= 4 is 10.0 Å². The van der Waals surface area contributed by atoms with Crippen molar-refractivity contribution < 1.29 is 17.9 Å². The zero-order chi connectivity index (χ0) is 16.7. The van der Waals surface area contributed by atoms with Gasteiger partial charge in [0.25, 0.3) is 0 Å². The van der Waals surface area contributed by atoms with Gasteiger partial charge in [0, 0.05) is 38.8 Å². The van der Waals surface area contributed by atoms with Gasteiger partial charge in [-0.15, -0.1) is 0 Å². The first-order chi connectivity index (χ1) is 11.1. The van der Waals surface area contributed by atoms with E-state index in [2.05, 4.69) is 14.9 Å². The number of benzene rings is 1. The maximum atomic E-state index is 12.3. The van der Waals surface area contributed by atoms with Crippen molar-refractivity contribution in [2.75, 3.05) is 53.5 Å². The van der Waals surface area contributed by atoms with Crippen LogP contribution in [-0.4, -0.2) is 66.8 Å². The zero-order valence-corrected chi connectivity index (χ0v) is 14.5. The summed E-state index contributed by atoms with van der Waals surface area (Å²) >= 11 is 0. The van der Waals surface area contributed by atoms with Gasteiger partial charge in [-0.2, -0.15) is 0 Å². The maximum Gasteiger partial charge on any atom is 0.240 e. The van der Waals surface area contributed by atoms with Crippen molar-refractivity contribution in [3.05, 3.63) is 18.2 Å². The second-order valence-electron chi connectivity index (χ2n) is 5.36. The van der Waals surface area contributed by atoms with Crippen LogP contribution in [0.4, 0.5) is 0 Å². The van der Waals surface area contributed by atoms with Gasteiger partial charge in [0.05, 0.1) is 19.1 Å². The summed E-state index contributed by atoms with van der Waals surface area (Å²) < 4.78 is 37.5. The van der Waals surface area contributed by atoms with Crippen LogP contribution < -0.4 is 19.5 Å². The Balaban J connectivity index is 1.88. The molecule has 0 spiro atoms. The minimum Gasteiger partial charge on any atom is -0.493 e. The highest BCUT2D eigenvalue weighted by Crippen LogP contribution is 2.29. The summed E-state index contributed by atoms with van der Waals surface area (Å²) in [7, 11) is -0.542. The van der Waals surface area contributed by atoms with E-state index >= 15 is 0 Å². The molecule has 1 aliphatic heterocycles. The summed E-state index contributed by atoms with van der Waals surface area (Å²) in [6.07, 6.45) is 0.784. The molecule has 1 aromatic rings. The smallest absolute Gasteiger partial charge is 0.240 e. The Morgan fingerprint density at radius 1 is 1.17 bits per heavy atom. The number of sulfonamides is 1. The Morgan fingerprint density at radius 3 is 2.52 bits per heavy atom. The van der Waals surface area contributed by atoms with E-state index in [-0.39, 0.29) is 4.90 Å². The molecule has 1 aliphatic rings. The highest BCUT2D eigenvalue weighted by Gasteiger charge is 2.17. The predicted octanol–water partition coefficient (Wildman–Crippen LogP) is 0.277. The lowest BCUT2D eigenvalue weighted by Crippen LogP contribution is -2.44. The number of nitrogens with one attached hydrogen (secondary N) is 2. The second-order valence-corrected chi connectivity index (χ2v) is 7.13. The highest BCUT2D eigenvalue weighted by atomic mass is 32.2. The van der Waals surface area contributed by atoms with E-state index in [1.165, 1.54) is 26.4 Å². The van der Waals surface area contributed by atoms with Crippen molar-refractivity contribution in [1.29, 1.82) is 0 Å². The second kappa shape index (κ2) is 8.49. The van der Waals surface area contributed by atoms with Gasteiger partial charge in [0.15, 0.2) is 11.5 Å². The van der Waals surface area contributed by atoms with Gasteiger partial charge >= 0.3 is 0 Å². The molecule has 23 heavy (non-hydrogen) atoms. The predicted molar refractivity (Wildman–Crippen MR) is 88.7 cm³/mol. The van der Waals surface area contributed by atoms with Crippen LogP contribution in [0.2, 0.25) is 0 Å². The first-order valence-electron chi connectivity index (χ1n) is 7.71. The number of methoxy groups -OCH3 is 2. The van der Waals surface area contributed by atoms with Crippen LogP contribution >= 0.6 is 0 Å². The lowest BCUT2D eigenvalue weighted by Gasteiger charge is -2.27. The van der Waals surface area contributed by atoms with Crippen molar-refractivity contribution in [3.8, 4) is 11.5 Å². The lowest BCUT2D eigenvalue weighted by atomic mass is 10.3. The van der Waals surface area contributed by atoms with Crippen LogP contribution in [0.15, 0.2) is 23.1 Å². The van der Waals surface area contributed by atoms with E-state index in [9.17, 15) is 8.42 Å². The van der Waals surface area contributed by atoms with Crippen molar-refractivity contribution in [2.45, 2.75) is 11.3 Å². The normalized spacial score (nSPS) is 16.3. The first-order valence-corrected chi connectivity index (χ1v) is 9.20. The Bertz CT molecular complexity index is 601. The molecular weight excluding hydrogens is 318 g/mol. The number of rotatable bonds is 8. The summed E-state index contributed by atoms with van der Waals surface area (Å²) in [5.41, 5.74) is 0. The third-order valence-electron chi connectivity index (χ3n) is 3.82. The quantitative estimate of drug-likeness (QED) is 0.660. The standard InChI is InChI=1S/C15H25N3O4S/c1-21-14-5-4-13(12-15(14)22-2)23(19,20)17-6-3-9-18-10-7-16-8-11-18/h4-5,12,16-17H,3,6-11H2,1-2H3. The van der Waals surface area contributed by atoms with Gasteiger partial charge in [-0.3, -0.25) is 0 Å². The Kier molecular flexibility index (Phi) is 6.64. The summed E-state index contributed by atoms with van der Waals surface area (Å²) in [6.45, 7) is 5.34. The number of nitrogens with zero attached hydrogens (tertiary/aromatic N) is 1. The van der Waals surface area contributed by atoms with Crippen LogP contribution in [0.1, 0.15) is 6.42 Å². The molecule has 8 heteroatoms. The average Bonchev–Trinajstić information content (AvgIpc) is 2.59. The molecule has 0 unspecified atom stereocenters. The zero-order valence-electron chi connectivity index (χ0n) is 13.7. The number of ether oxygens (including phenoxy) is 2.